The highest BCUT2D eigenvalue weighted by Crippen LogP contribution is 2.41. The number of rotatable bonds is 7. The molecule has 0 amide bonds. The van der Waals surface area contributed by atoms with E-state index in [0.717, 1.165) is 36.1 Å². The Hall–Kier alpha value is -3.60. The molecule has 4 aromatic rings. The van der Waals surface area contributed by atoms with Crippen molar-refractivity contribution >= 4 is 5.69 Å². The Balaban J connectivity index is 1.34. The van der Waals surface area contributed by atoms with Gasteiger partial charge in [-0.1, -0.05) is 50.1 Å². The van der Waals surface area contributed by atoms with Gasteiger partial charge < -0.3 is 10.0 Å². The molecule has 1 N–H and O–H groups in total. The van der Waals surface area contributed by atoms with E-state index in [-0.39, 0.29) is 5.75 Å². The Morgan fingerprint density at radius 3 is 2.33 bits per heavy atom. The molecule has 1 aromatic heterocycles. The van der Waals surface area contributed by atoms with Crippen LogP contribution in [0.4, 0.5) is 5.69 Å². The lowest BCUT2D eigenvalue weighted by Crippen LogP contribution is -2.33. The molecule has 5 heteroatoms. The van der Waals surface area contributed by atoms with Crippen molar-refractivity contribution in [2.75, 3.05) is 18.0 Å². The van der Waals surface area contributed by atoms with Crippen LogP contribution < -0.4 is 4.90 Å². The zero-order valence-electron chi connectivity index (χ0n) is 21.0. The summed E-state index contributed by atoms with van der Waals surface area (Å²) in [5.74, 6) is 3.06. The van der Waals surface area contributed by atoms with E-state index in [1.165, 1.54) is 49.8 Å². The molecule has 1 aliphatic heterocycles. The number of hydrogen-bond acceptors (Lipinski definition) is 4. The number of phenolic OH excluding ortho intramolecular Hbond substituents is 1. The summed E-state index contributed by atoms with van der Waals surface area (Å²) in [4.78, 5) is 7.43. The van der Waals surface area contributed by atoms with Crippen LogP contribution in [0.3, 0.4) is 0 Å². The van der Waals surface area contributed by atoms with Gasteiger partial charge in [0.15, 0.2) is 11.6 Å². The van der Waals surface area contributed by atoms with Gasteiger partial charge in [-0.3, -0.25) is 0 Å². The maximum Gasteiger partial charge on any atom is 0.185 e. The Morgan fingerprint density at radius 2 is 1.61 bits per heavy atom. The predicted molar refractivity (Wildman–Crippen MR) is 146 cm³/mol. The summed E-state index contributed by atoms with van der Waals surface area (Å²) in [6.07, 6.45) is 7.72. The van der Waals surface area contributed by atoms with Gasteiger partial charge in [-0.05, 0) is 85.5 Å². The first-order valence-electron chi connectivity index (χ1n) is 13.4. The number of benzene rings is 3. The van der Waals surface area contributed by atoms with E-state index in [1.807, 2.05) is 22.9 Å². The van der Waals surface area contributed by atoms with E-state index in [2.05, 4.69) is 60.4 Å². The van der Waals surface area contributed by atoms with Crippen LogP contribution in [0, 0.1) is 5.92 Å². The highest BCUT2D eigenvalue weighted by molar-refractivity contribution is 5.68. The van der Waals surface area contributed by atoms with Gasteiger partial charge in [-0.15, -0.1) is 5.10 Å². The zero-order chi connectivity index (χ0) is 24.5. The molecule has 2 fully saturated rings. The first-order valence-corrected chi connectivity index (χ1v) is 13.4. The topological polar surface area (TPSA) is 54.2 Å². The summed E-state index contributed by atoms with van der Waals surface area (Å²) < 4.78 is 1.92. The summed E-state index contributed by atoms with van der Waals surface area (Å²) in [6, 6.07) is 24.7. The van der Waals surface area contributed by atoms with E-state index >= 15 is 0 Å². The molecular weight excluding hydrogens is 444 g/mol. The molecule has 3 aromatic carbocycles. The monoisotopic (exact) mass is 478 g/mol. The Morgan fingerprint density at radius 1 is 0.861 bits per heavy atom. The Kier molecular flexibility index (Phi) is 6.22. The highest BCUT2D eigenvalue weighted by Gasteiger charge is 2.25. The number of aromatic nitrogens is 3. The summed E-state index contributed by atoms with van der Waals surface area (Å²) in [5.41, 5.74) is 5.30. The van der Waals surface area contributed by atoms with Crippen molar-refractivity contribution in [3.05, 3.63) is 78.4 Å². The summed E-state index contributed by atoms with van der Waals surface area (Å²) >= 11 is 0. The summed E-state index contributed by atoms with van der Waals surface area (Å²) in [5, 5.41) is 15.4. The van der Waals surface area contributed by atoms with Crippen molar-refractivity contribution in [1.29, 1.82) is 0 Å². The maximum atomic E-state index is 10.5. The van der Waals surface area contributed by atoms with E-state index in [9.17, 15) is 5.11 Å². The second kappa shape index (κ2) is 9.81. The molecular formula is C31H34N4O. The van der Waals surface area contributed by atoms with Gasteiger partial charge >= 0.3 is 0 Å². The van der Waals surface area contributed by atoms with Gasteiger partial charge in [0.05, 0.1) is 11.3 Å². The van der Waals surface area contributed by atoms with Crippen LogP contribution >= 0.6 is 0 Å². The minimum Gasteiger partial charge on any atom is -0.507 e. The van der Waals surface area contributed by atoms with Crippen molar-refractivity contribution in [3.63, 3.8) is 0 Å². The number of para-hydroxylation sites is 1. The fourth-order valence-electron chi connectivity index (χ4n) is 5.50. The van der Waals surface area contributed by atoms with Crippen LogP contribution in [0.2, 0.25) is 0 Å². The van der Waals surface area contributed by atoms with Crippen LogP contribution in [0.15, 0.2) is 72.8 Å². The van der Waals surface area contributed by atoms with Crippen LogP contribution in [0.1, 0.15) is 56.9 Å². The smallest absolute Gasteiger partial charge is 0.185 e. The quantitative estimate of drug-likeness (QED) is 0.305. The maximum absolute atomic E-state index is 10.5. The molecule has 6 rings (SSSR count). The average molecular weight is 479 g/mol. The molecule has 1 saturated heterocycles. The average Bonchev–Trinajstić information content (AvgIpc) is 3.68. The molecule has 0 unspecified atom stereocenters. The van der Waals surface area contributed by atoms with Gasteiger partial charge in [0.25, 0.3) is 0 Å². The number of aromatic hydroxyl groups is 1. The van der Waals surface area contributed by atoms with Crippen LogP contribution in [0.25, 0.3) is 28.5 Å². The van der Waals surface area contributed by atoms with Gasteiger partial charge in [0.2, 0.25) is 0 Å². The normalized spacial score (nSPS) is 16.4. The second-order valence-electron chi connectivity index (χ2n) is 10.3. The molecule has 184 valence electrons. The largest absolute Gasteiger partial charge is 0.507 e. The van der Waals surface area contributed by atoms with Crippen molar-refractivity contribution in [1.82, 2.24) is 14.8 Å². The highest BCUT2D eigenvalue weighted by atomic mass is 16.3. The number of hydrogen-bond donors (Lipinski definition) is 1. The van der Waals surface area contributed by atoms with Crippen LogP contribution in [-0.4, -0.2) is 33.0 Å². The third-order valence-electron chi connectivity index (χ3n) is 7.72. The van der Waals surface area contributed by atoms with Gasteiger partial charge in [0, 0.05) is 24.3 Å². The molecule has 0 atom stereocenters. The molecule has 5 nitrogen and oxygen atoms in total. The minimum absolute atomic E-state index is 0.190. The second-order valence-corrected chi connectivity index (χ2v) is 10.3. The predicted octanol–water partition coefficient (Wildman–Crippen LogP) is 7.20. The lowest BCUT2D eigenvalue weighted by molar-refractivity contribution is 0.378. The zero-order valence-corrected chi connectivity index (χ0v) is 21.0. The van der Waals surface area contributed by atoms with E-state index in [1.54, 1.807) is 6.07 Å². The van der Waals surface area contributed by atoms with E-state index in [0.29, 0.717) is 17.3 Å². The van der Waals surface area contributed by atoms with Crippen LogP contribution in [0.5, 0.6) is 5.75 Å². The fourth-order valence-corrected chi connectivity index (χ4v) is 5.50. The number of anilines is 1. The van der Waals surface area contributed by atoms with Crippen LogP contribution in [-0.2, 0) is 0 Å². The number of phenols is 1. The molecule has 2 aliphatic rings. The van der Waals surface area contributed by atoms with Gasteiger partial charge in [0.1, 0.15) is 5.75 Å². The van der Waals surface area contributed by atoms with Crippen molar-refractivity contribution in [2.24, 2.45) is 5.92 Å². The molecule has 1 saturated carbocycles. The standard InChI is InChI=1S/C31H34N4O/c1-2-6-22-17-19-34(20-18-22)26-13-15-27(16-14-26)35-31(25-8-5-7-24(21-25)23-11-12-23)32-30(33-35)28-9-3-4-10-29(28)36/h3-5,7-10,13-16,21-23,36H,2,6,11-12,17-20H2,1H3. The van der Waals surface area contributed by atoms with Crippen molar-refractivity contribution < 1.29 is 5.11 Å². The van der Waals surface area contributed by atoms with Crippen molar-refractivity contribution in [3.8, 4) is 34.2 Å². The summed E-state index contributed by atoms with van der Waals surface area (Å²) in [6.45, 7) is 4.55. The third-order valence-corrected chi connectivity index (χ3v) is 7.72. The van der Waals surface area contributed by atoms with Gasteiger partial charge in [-0.2, -0.15) is 0 Å². The lowest BCUT2D eigenvalue weighted by atomic mass is 9.92. The molecule has 0 spiro atoms. The third kappa shape index (κ3) is 4.62. The number of nitrogens with zero attached hydrogens (tertiary/aromatic N) is 4. The lowest BCUT2D eigenvalue weighted by Gasteiger charge is -2.33. The molecule has 36 heavy (non-hydrogen) atoms. The molecule has 0 radical (unpaired) electrons. The minimum atomic E-state index is 0.190. The number of piperidine rings is 1. The first-order chi connectivity index (χ1) is 17.7. The van der Waals surface area contributed by atoms with Gasteiger partial charge in [-0.25, -0.2) is 9.67 Å². The Bertz CT molecular complexity index is 1330. The summed E-state index contributed by atoms with van der Waals surface area (Å²) in [7, 11) is 0. The fraction of sp³-hybridized carbons (Fsp3) is 0.355. The van der Waals surface area contributed by atoms with E-state index < -0.39 is 0 Å². The molecule has 0 bridgehead atoms. The van der Waals surface area contributed by atoms with Crippen molar-refractivity contribution in [2.45, 2.75) is 51.4 Å². The first kappa shape index (κ1) is 22.8. The molecule has 1 aliphatic carbocycles. The Labute approximate surface area is 213 Å². The SMILES string of the molecule is CCCC1CCN(c2ccc(-n3nc(-c4ccccc4O)nc3-c3cccc(C4CC4)c3)cc2)CC1. The molecule has 2 heterocycles. The van der Waals surface area contributed by atoms with E-state index in [4.69, 9.17) is 10.1 Å².